The summed E-state index contributed by atoms with van der Waals surface area (Å²) in [7, 11) is 1.71. The average molecular weight is 261 g/mol. The van der Waals surface area contributed by atoms with Gasteiger partial charge in [0.15, 0.2) is 5.82 Å². The second kappa shape index (κ2) is 7.01. The van der Waals surface area contributed by atoms with E-state index in [4.69, 9.17) is 9.26 Å². The molecule has 1 heterocycles. The van der Waals surface area contributed by atoms with Crippen molar-refractivity contribution in [1.82, 2.24) is 15.0 Å². The van der Waals surface area contributed by atoms with Crippen LogP contribution in [0.5, 0.6) is 0 Å². The van der Waals surface area contributed by atoms with Crippen molar-refractivity contribution in [3.8, 4) is 0 Å². The summed E-state index contributed by atoms with van der Waals surface area (Å²) >= 11 is 0. The van der Waals surface area contributed by atoms with Gasteiger partial charge in [0, 0.05) is 20.2 Å². The highest BCUT2D eigenvalue weighted by atomic mass is 16.5. The fraction of sp³-hybridized carbons (Fsp3) is 0.429. The van der Waals surface area contributed by atoms with Gasteiger partial charge in [0.1, 0.15) is 0 Å². The van der Waals surface area contributed by atoms with Crippen LogP contribution in [0.1, 0.15) is 17.3 Å². The smallest absolute Gasteiger partial charge is 0.240 e. The van der Waals surface area contributed by atoms with E-state index in [0.717, 1.165) is 13.1 Å². The van der Waals surface area contributed by atoms with Crippen LogP contribution in [-0.2, 0) is 17.8 Å². The quantitative estimate of drug-likeness (QED) is 0.763. The minimum Gasteiger partial charge on any atom is -0.383 e. The largest absolute Gasteiger partial charge is 0.383 e. The van der Waals surface area contributed by atoms with E-state index >= 15 is 0 Å². The third-order valence-electron chi connectivity index (χ3n) is 2.79. The highest BCUT2D eigenvalue weighted by Gasteiger charge is 2.11. The molecule has 0 bridgehead atoms. The molecule has 0 aliphatic heterocycles. The molecule has 0 saturated carbocycles. The molecule has 0 N–H and O–H groups in total. The summed E-state index contributed by atoms with van der Waals surface area (Å²) in [5.74, 6) is 1.31. The Hall–Kier alpha value is -1.72. The summed E-state index contributed by atoms with van der Waals surface area (Å²) in [6, 6.07) is 10.3. The second-order valence-electron chi connectivity index (χ2n) is 4.42. The van der Waals surface area contributed by atoms with E-state index in [1.807, 2.05) is 25.1 Å². The first-order chi connectivity index (χ1) is 9.28. The predicted molar refractivity (Wildman–Crippen MR) is 71.5 cm³/mol. The summed E-state index contributed by atoms with van der Waals surface area (Å²) in [6.07, 6.45) is 0. The lowest BCUT2D eigenvalue weighted by atomic mass is 10.2. The minimum absolute atomic E-state index is 0.638. The van der Waals surface area contributed by atoms with Gasteiger partial charge >= 0.3 is 0 Å². The molecule has 2 rings (SSSR count). The molecule has 2 aromatic rings. The van der Waals surface area contributed by atoms with Gasteiger partial charge in [-0.1, -0.05) is 35.5 Å². The maximum atomic E-state index is 5.17. The van der Waals surface area contributed by atoms with Crippen LogP contribution in [0.4, 0.5) is 0 Å². The molecule has 5 nitrogen and oxygen atoms in total. The van der Waals surface area contributed by atoms with Crippen molar-refractivity contribution in [3.05, 3.63) is 47.6 Å². The van der Waals surface area contributed by atoms with Crippen LogP contribution >= 0.6 is 0 Å². The normalized spacial score (nSPS) is 11.1. The number of rotatable bonds is 7. The average Bonchev–Trinajstić information content (AvgIpc) is 2.82. The number of hydrogen-bond acceptors (Lipinski definition) is 5. The molecular formula is C14H19N3O2. The lowest BCUT2D eigenvalue weighted by molar-refractivity contribution is 0.131. The Morgan fingerprint density at radius 1 is 1.21 bits per heavy atom. The number of aryl methyl sites for hydroxylation is 1. The van der Waals surface area contributed by atoms with Gasteiger partial charge in [0.2, 0.25) is 5.89 Å². The number of aromatic nitrogens is 2. The Labute approximate surface area is 113 Å². The molecule has 1 aromatic heterocycles. The summed E-state index contributed by atoms with van der Waals surface area (Å²) < 4.78 is 10.3. The SMILES string of the molecule is COCCN(Cc1ccccc1)Cc1nc(C)no1. The van der Waals surface area contributed by atoms with E-state index < -0.39 is 0 Å². The van der Waals surface area contributed by atoms with Crippen LogP contribution in [-0.4, -0.2) is 35.3 Å². The van der Waals surface area contributed by atoms with Crippen molar-refractivity contribution in [2.45, 2.75) is 20.0 Å². The molecule has 0 saturated heterocycles. The zero-order valence-electron chi connectivity index (χ0n) is 11.4. The van der Waals surface area contributed by atoms with Gasteiger partial charge in [0.05, 0.1) is 13.2 Å². The van der Waals surface area contributed by atoms with Crippen molar-refractivity contribution < 1.29 is 9.26 Å². The summed E-state index contributed by atoms with van der Waals surface area (Å²) in [5, 5.41) is 3.81. The van der Waals surface area contributed by atoms with Gasteiger partial charge in [-0.3, -0.25) is 4.90 Å². The molecule has 19 heavy (non-hydrogen) atoms. The molecule has 0 aliphatic rings. The van der Waals surface area contributed by atoms with E-state index in [2.05, 4.69) is 27.2 Å². The zero-order valence-corrected chi connectivity index (χ0v) is 11.4. The van der Waals surface area contributed by atoms with Crippen molar-refractivity contribution in [2.75, 3.05) is 20.3 Å². The molecule has 5 heteroatoms. The van der Waals surface area contributed by atoms with Gasteiger partial charge in [-0.2, -0.15) is 4.98 Å². The molecule has 0 atom stereocenters. The number of ether oxygens (including phenoxy) is 1. The van der Waals surface area contributed by atoms with Gasteiger partial charge in [-0.25, -0.2) is 0 Å². The van der Waals surface area contributed by atoms with Crippen LogP contribution < -0.4 is 0 Å². The monoisotopic (exact) mass is 261 g/mol. The fourth-order valence-electron chi connectivity index (χ4n) is 1.87. The van der Waals surface area contributed by atoms with Crippen molar-refractivity contribution in [3.63, 3.8) is 0 Å². The number of nitrogens with zero attached hydrogens (tertiary/aromatic N) is 3. The molecular weight excluding hydrogens is 242 g/mol. The first kappa shape index (κ1) is 13.7. The molecule has 0 radical (unpaired) electrons. The van der Waals surface area contributed by atoms with E-state index in [9.17, 15) is 0 Å². The molecule has 0 unspecified atom stereocenters. The van der Waals surface area contributed by atoms with Crippen LogP contribution in [0, 0.1) is 6.92 Å². The number of methoxy groups -OCH3 is 1. The predicted octanol–water partition coefficient (Wildman–Crippen LogP) is 2.03. The Bertz CT molecular complexity index is 484. The van der Waals surface area contributed by atoms with Gasteiger partial charge in [0.25, 0.3) is 0 Å². The van der Waals surface area contributed by atoms with E-state index in [1.165, 1.54) is 5.56 Å². The summed E-state index contributed by atoms with van der Waals surface area (Å²) in [6.45, 7) is 4.81. The molecule has 0 spiro atoms. The Balaban J connectivity index is 1.99. The summed E-state index contributed by atoms with van der Waals surface area (Å²) in [5.41, 5.74) is 1.26. The highest BCUT2D eigenvalue weighted by molar-refractivity contribution is 5.14. The molecule has 0 amide bonds. The molecule has 0 fully saturated rings. The van der Waals surface area contributed by atoms with E-state index in [0.29, 0.717) is 24.9 Å². The van der Waals surface area contributed by atoms with Crippen molar-refractivity contribution in [1.29, 1.82) is 0 Å². The van der Waals surface area contributed by atoms with Gasteiger partial charge < -0.3 is 9.26 Å². The first-order valence-electron chi connectivity index (χ1n) is 6.32. The van der Waals surface area contributed by atoms with Crippen molar-refractivity contribution in [2.24, 2.45) is 0 Å². The fourth-order valence-corrected chi connectivity index (χ4v) is 1.87. The van der Waals surface area contributed by atoms with Crippen LogP contribution in [0.2, 0.25) is 0 Å². The molecule has 0 aliphatic carbocycles. The van der Waals surface area contributed by atoms with Gasteiger partial charge in [-0.05, 0) is 12.5 Å². The topological polar surface area (TPSA) is 51.4 Å². The third-order valence-corrected chi connectivity index (χ3v) is 2.79. The molecule has 102 valence electrons. The maximum Gasteiger partial charge on any atom is 0.240 e. The Kier molecular flexibility index (Phi) is 5.06. The first-order valence-corrected chi connectivity index (χ1v) is 6.32. The van der Waals surface area contributed by atoms with Crippen LogP contribution in [0.15, 0.2) is 34.9 Å². The summed E-state index contributed by atoms with van der Waals surface area (Å²) in [4.78, 5) is 6.47. The Morgan fingerprint density at radius 2 is 2.00 bits per heavy atom. The minimum atomic E-state index is 0.638. The lowest BCUT2D eigenvalue weighted by Crippen LogP contribution is -2.26. The van der Waals surface area contributed by atoms with Crippen LogP contribution in [0.25, 0.3) is 0 Å². The number of hydrogen-bond donors (Lipinski definition) is 0. The van der Waals surface area contributed by atoms with Crippen LogP contribution in [0.3, 0.4) is 0 Å². The lowest BCUT2D eigenvalue weighted by Gasteiger charge is -2.20. The molecule has 1 aromatic carbocycles. The highest BCUT2D eigenvalue weighted by Crippen LogP contribution is 2.08. The second-order valence-corrected chi connectivity index (χ2v) is 4.42. The Morgan fingerprint density at radius 3 is 2.63 bits per heavy atom. The third kappa shape index (κ3) is 4.46. The number of benzene rings is 1. The zero-order chi connectivity index (χ0) is 13.5. The van der Waals surface area contributed by atoms with E-state index in [1.54, 1.807) is 7.11 Å². The standard InChI is InChI=1S/C14H19N3O2/c1-12-15-14(19-16-12)11-17(8-9-18-2)10-13-6-4-3-5-7-13/h3-7H,8-11H2,1-2H3. The maximum absolute atomic E-state index is 5.17. The van der Waals surface area contributed by atoms with Gasteiger partial charge in [-0.15, -0.1) is 0 Å². The van der Waals surface area contributed by atoms with Crippen molar-refractivity contribution >= 4 is 0 Å². The van der Waals surface area contributed by atoms with E-state index in [-0.39, 0.29) is 0 Å².